The second-order valence-corrected chi connectivity index (χ2v) is 4.32. The monoisotopic (exact) mass is 210 g/mol. The topological polar surface area (TPSA) is 41.1 Å². The first kappa shape index (κ1) is 9.68. The number of carbonyl (C=O) groups excluding carboxylic acids is 1. The molecular formula is C10H14N2OS. The molecule has 2 heterocycles. The largest absolute Gasteiger partial charge is 0.352 e. The van der Waals surface area contributed by atoms with Crippen molar-refractivity contribution in [1.82, 2.24) is 10.6 Å². The van der Waals surface area contributed by atoms with Gasteiger partial charge in [-0.1, -0.05) is 0 Å². The summed E-state index contributed by atoms with van der Waals surface area (Å²) in [7, 11) is 0. The quantitative estimate of drug-likeness (QED) is 0.780. The summed E-state index contributed by atoms with van der Waals surface area (Å²) in [5, 5.41) is 10.2. The van der Waals surface area contributed by atoms with Crippen LogP contribution in [0.1, 0.15) is 12.0 Å². The molecule has 0 bridgehead atoms. The Hall–Kier alpha value is -0.870. The van der Waals surface area contributed by atoms with Crippen molar-refractivity contribution >= 4 is 17.2 Å². The Balaban J connectivity index is 1.77. The lowest BCUT2D eigenvalue weighted by atomic mass is 10.1. The molecule has 1 aromatic rings. The first-order valence-corrected chi connectivity index (χ1v) is 5.80. The Morgan fingerprint density at radius 3 is 3.29 bits per heavy atom. The third-order valence-electron chi connectivity index (χ3n) is 2.48. The highest BCUT2D eigenvalue weighted by Crippen LogP contribution is 2.09. The van der Waals surface area contributed by atoms with Gasteiger partial charge in [-0.25, -0.2) is 0 Å². The molecule has 0 aromatic carbocycles. The van der Waals surface area contributed by atoms with Gasteiger partial charge in [0.05, 0.1) is 5.92 Å². The smallest absolute Gasteiger partial charge is 0.224 e. The number of thiophene rings is 1. The van der Waals surface area contributed by atoms with Gasteiger partial charge in [0.1, 0.15) is 0 Å². The first-order chi connectivity index (χ1) is 6.86. The van der Waals surface area contributed by atoms with Crippen molar-refractivity contribution in [2.24, 2.45) is 5.92 Å². The highest BCUT2D eigenvalue weighted by molar-refractivity contribution is 7.07. The zero-order valence-corrected chi connectivity index (χ0v) is 8.77. The van der Waals surface area contributed by atoms with Crippen LogP contribution in [0.2, 0.25) is 0 Å². The minimum atomic E-state index is 0.175. The van der Waals surface area contributed by atoms with Gasteiger partial charge in [-0.3, -0.25) is 4.79 Å². The summed E-state index contributed by atoms with van der Waals surface area (Å²) < 4.78 is 0. The summed E-state index contributed by atoms with van der Waals surface area (Å²) >= 11 is 1.66. The van der Waals surface area contributed by atoms with E-state index in [2.05, 4.69) is 16.0 Å². The van der Waals surface area contributed by atoms with Crippen molar-refractivity contribution < 1.29 is 4.79 Å². The summed E-state index contributed by atoms with van der Waals surface area (Å²) in [6.45, 7) is 2.46. The van der Waals surface area contributed by atoms with Crippen LogP contribution in [0.15, 0.2) is 16.8 Å². The minimum Gasteiger partial charge on any atom is -0.352 e. The number of carbonyl (C=O) groups is 1. The van der Waals surface area contributed by atoms with E-state index in [0.29, 0.717) is 6.54 Å². The molecule has 1 saturated heterocycles. The Bertz CT molecular complexity index is 291. The summed E-state index contributed by atoms with van der Waals surface area (Å²) in [5.41, 5.74) is 1.19. The van der Waals surface area contributed by atoms with Crippen LogP contribution in [-0.2, 0) is 11.3 Å². The van der Waals surface area contributed by atoms with Crippen LogP contribution in [-0.4, -0.2) is 19.0 Å². The Morgan fingerprint density at radius 2 is 2.64 bits per heavy atom. The number of amides is 1. The summed E-state index contributed by atoms with van der Waals surface area (Å²) in [5.74, 6) is 0.356. The number of hydrogen-bond donors (Lipinski definition) is 2. The summed E-state index contributed by atoms with van der Waals surface area (Å²) in [6, 6.07) is 2.04. The van der Waals surface area contributed by atoms with Gasteiger partial charge in [0, 0.05) is 13.1 Å². The van der Waals surface area contributed by atoms with Crippen LogP contribution in [0.4, 0.5) is 0 Å². The van der Waals surface area contributed by atoms with Crippen LogP contribution in [0.3, 0.4) is 0 Å². The van der Waals surface area contributed by atoms with Crippen LogP contribution in [0, 0.1) is 5.92 Å². The summed E-state index contributed by atoms with van der Waals surface area (Å²) in [4.78, 5) is 11.6. The van der Waals surface area contributed by atoms with Crippen molar-refractivity contribution in [3.63, 3.8) is 0 Å². The normalized spacial score (nSPS) is 21.0. The van der Waals surface area contributed by atoms with Crippen LogP contribution in [0.5, 0.6) is 0 Å². The zero-order chi connectivity index (χ0) is 9.80. The van der Waals surface area contributed by atoms with Crippen molar-refractivity contribution in [2.45, 2.75) is 13.0 Å². The minimum absolute atomic E-state index is 0.175. The number of rotatable bonds is 3. The van der Waals surface area contributed by atoms with Gasteiger partial charge in [-0.05, 0) is 35.4 Å². The van der Waals surface area contributed by atoms with Gasteiger partial charge < -0.3 is 10.6 Å². The molecule has 2 N–H and O–H groups in total. The lowest BCUT2D eigenvalue weighted by Gasteiger charge is -2.08. The molecule has 2 rings (SSSR count). The van der Waals surface area contributed by atoms with Gasteiger partial charge in [0.25, 0.3) is 0 Å². The fourth-order valence-corrected chi connectivity index (χ4v) is 2.27. The lowest BCUT2D eigenvalue weighted by Crippen LogP contribution is -2.31. The highest BCUT2D eigenvalue weighted by atomic mass is 32.1. The SMILES string of the molecule is O=C(NCc1ccsc1)[C@@H]1CCNC1. The molecule has 4 heteroatoms. The molecule has 0 unspecified atom stereocenters. The van der Waals surface area contributed by atoms with E-state index < -0.39 is 0 Å². The fraction of sp³-hybridized carbons (Fsp3) is 0.500. The molecule has 1 aliphatic rings. The zero-order valence-electron chi connectivity index (χ0n) is 7.95. The maximum absolute atomic E-state index is 11.6. The molecule has 14 heavy (non-hydrogen) atoms. The third kappa shape index (κ3) is 2.33. The second-order valence-electron chi connectivity index (χ2n) is 3.54. The predicted molar refractivity (Wildman–Crippen MR) is 57.1 cm³/mol. The van der Waals surface area contributed by atoms with Gasteiger partial charge in [-0.15, -0.1) is 0 Å². The van der Waals surface area contributed by atoms with E-state index in [1.54, 1.807) is 11.3 Å². The number of nitrogens with one attached hydrogen (secondary N) is 2. The van der Waals surface area contributed by atoms with E-state index >= 15 is 0 Å². The standard InChI is InChI=1S/C10H14N2OS/c13-10(9-1-3-11-6-9)12-5-8-2-4-14-7-8/h2,4,7,9,11H,1,3,5-6H2,(H,12,13)/t9-/m1/s1. The molecule has 1 aliphatic heterocycles. The molecule has 1 aromatic heterocycles. The van der Waals surface area contributed by atoms with Crippen LogP contribution >= 0.6 is 11.3 Å². The fourth-order valence-electron chi connectivity index (χ4n) is 1.61. The van der Waals surface area contributed by atoms with Crippen LogP contribution in [0.25, 0.3) is 0 Å². The van der Waals surface area contributed by atoms with Crippen molar-refractivity contribution in [3.05, 3.63) is 22.4 Å². The van der Waals surface area contributed by atoms with Crippen molar-refractivity contribution in [1.29, 1.82) is 0 Å². The van der Waals surface area contributed by atoms with E-state index in [-0.39, 0.29) is 11.8 Å². The molecule has 1 atom stereocenters. The average molecular weight is 210 g/mol. The van der Waals surface area contributed by atoms with Gasteiger partial charge in [0.15, 0.2) is 0 Å². The van der Waals surface area contributed by atoms with E-state index in [1.165, 1.54) is 5.56 Å². The molecule has 0 radical (unpaired) electrons. The Labute approximate surface area is 87.5 Å². The third-order valence-corrected chi connectivity index (χ3v) is 3.21. The van der Waals surface area contributed by atoms with E-state index in [4.69, 9.17) is 0 Å². The molecule has 0 aliphatic carbocycles. The molecule has 0 spiro atoms. The highest BCUT2D eigenvalue weighted by Gasteiger charge is 2.21. The number of hydrogen-bond acceptors (Lipinski definition) is 3. The van der Waals surface area contributed by atoms with E-state index in [1.807, 2.05) is 11.4 Å². The Kier molecular flexibility index (Phi) is 3.16. The molecule has 1 amide bonds. The Morgan fingerprint density at radius 1 is 1.71 bits per heavy atom. The second kappa shape index (κ2) is 4.57. The van der Waals surface area contributed by atoms with Gasteiger partial charge in [-0.2, -0.15) is 11.3 Å². The predicted octanol–water partition coefficient (Wildman–Crippen LogP) is 0.974. The maximum atomic E-state index is 11.6. The molecule has 3 nitrogen and oxygen atoms in total. The molecular weight excluding hydrogens is 196 g/mol. The average Bonchev–Trinajstić information content (AvgIpc) is 2.87. The first-order valence-electron chi connectivity index (χ1n) is 4.86. The van der Waals surface area contributed by atoms with E-state index in [0.717, 1.165) is 19.5 Å². The maximum Gasteiger partial charge on any atom is 0.224 e. The molecule has 0 saturated carbocycles. The van der Waals surface area contributed by atoms with Gasteiger partial charge >= 0.3 is 0 Å². The van der Waals surface area contributed by atoms with Gasteiger partial charge in [0.2, 0.25) is 5.91 Å². The van der Waals surface area contributed by atoms with Crippen LogP contribution < -0.4 is 10.6 Å². The van der Waals surface area contributed by atoms with Crippen molar-refractivity contribution in [3.8, 4) is 0 Å². The molecule has 1 fully saturated rings. The molecule has 76 valence electrons. The van der Waals surface area contributed by atoms with Crippen molar-refractivity contribution in [2.75, 3.05) is 13.1 Å². The van der Waals surface area contributed by atoms with E-state index in [9.17, 15) is 4.79 Å². The summed E-state index contributed by atoms with van der Waals surface area (Å²) in [6.07, 6.45) is 0.968. The lowest BCUT2D eigenvalue weighted by molar-refractivity contribution is -0.124.